The Morgan fingerprint density at radius 2 is 1.64 bits per heavy atom. The van der Waals surface area contributed by atoms with Gasteiger partial charge in [0.2, 0.25) is 26.0 Å². The zero-order valence-corrected chi connectivity index (χ0v) is 17.3. The van der Waals surface area contributed by atoms with Gasteiger partial charge in [0.15, 0.2) is 0 Å². The highest BCUT2D eigenvalue weighted by Gasteiger charge is 2.21. The molecule has 152 valence electrons. The maximum atomic E-state index is 12.2. The molecule has 2 rings (SSSR count). The van der Waals surface area contributed by atoms with Gasteiger partial charge >= 0.3 is 0 Å². The lowest BCUT2D eigenvalue weighted by Crippen LogP contribution is -2.41. The van der Waals surface area contributed by atoms with E-state index in [1.165, 1.54) is 12.1 Å². The van der Waals surface area contributed by atoms with Crippen LogP contribution in [0.25, 0.3) is 0 Å². The summed E-state index contributed by atoms with van der Waals surface area (Å²) < 4.78 is 47.8. The van der Waals surface area contributed by atoms with Crippen LogP contribution in [-0.2, 0) is 31.3 Å². The third-order valence-corrected chi connectivity index (χ3v) is 6.12. The average Bonchev–Trinajstić information content (AvgIpc) is 2.59. The van der Waals surface area contributed by atoms with Gasteiger partial charge in [-0.05, 0) is 42.7 Å². The molecule has 0 saturated heterocycles. The van der Waals surface area contributed by atoms with Gasteiger partial charge in [-0.1, -0.05) is 30.3 Å². The molecule has 0 radical (unpaired) electrons. The van der Waals surface area contributed by atoms with Crippen molar-refractivity contribution < 1.29 is 21.6 Å². The first kappa shape index (κ1) is 21.9. The topological polar surface area (TPSA) is 127 Å². The molecule has 10 heteroatoms. The van der Waals surface area contributed by atoms with Crippen LogP contribution < -0.4 is 14.8 Å². The standard InChI is InChI=1S/C18H23N3O5S2/c1-14-5-3-4-6-17(14)21(27(2,23)24)13-18(22)20-12-11-15-7-9-16(10-8-15)28(19,25)26/h3-10H,11-13H2,1-2H3,(H,20,22)(H2,19,25,26). The average molecular weight is 426 g/mol. The number of benzene rings is 2. The number of aryl methyl sites for hydroxylation is 1. The molecule has 0 unspecified atom stereocenters. The highest BCUT2D eigenvalue weighted by molar-refractivity contribution is 7.92. The van der Waals surface area contributed by atoms with E-state index >= 15 is 0 Å². The van der Waals surface area contributed by atoms with Crippen LogP contribution in [0.3, 0.4) is 0 Å². The Hall–Kier alpha value is -2.43. The van der Waals surface area contributed by atoms with Gasteiger partial charge in [-0.25, -0.2) is 22.0 Å². The van der Waals surface area contributed by atoms with E-state index in [0.29, 0.717) is 12.1 Å². The number of amides is 1. The number of nitrogens with zero attached hydrogens (tertiary/aromatic N) is 1. The fourth-order valence-corrected chi connectivity index (χ4v) is 4.03. The number of anilines is 1. The van der Waals surface area contributed by atoms with Crippen molar-refractivity contribution in [1.82, 2.24) is 5.32 Å². The van der Waals surface area contributed by atoms with Crippen molar-refractivity contribution in [2.24, 2.45) is 5.14 Å². The quantitative estimate of drug-likeness (QED) is 0.646. The summed E-state index contributed by atoms with van der Waals surface area (Å²) in [5, 5.41) is 7.73. The minimum atomic E-state index is -3.74. The SMILES string of the molecule is Cc1ccccc1N(CC(=O)NCCc1ccc(S(N)(=O)=O)cc1)S(C)(=O)=O. The molecule has 28 heavy (non-hydrogen) atoms. The number of rotatable bonds is 8. The van der Waals surface area contributed by atoms with Gasteiger partial charge in [0, 0.05) is 6.54 Å². The van der Waals surface area contributed by atoms with Crippen LogP contribution in [0, 0.1) is 6.92 Å². The molecule has 3 N–H and O–H groups in total. The van der Waals surface area contributed by atoms with Gasteiger partial charge < -0.3 is 5.32 Å². The molecular formula is C18H23N3O5S2. The van der Waals surface area contributed by atoms with Crippen LogP contribution in [0.15, 0.2) is 53.4 Å². The van der Waals surface area contributed by atoms with E-state index in [4.69, 9.17) is 5.14 Å². The predicted molar refractivity (Wildman–Crippen MR) is 108 cm³/mol. The molecule has 0 aliphatic heterocycles. The van der Waals surface area contributed by atoms with Gasteiger partial charge in [-0.15, -0.1) is 0 Å². The van der Waals surface area contributed by atoms with Crippen LogP contribution in [-0.4, -0.2) is 42.1 Å². The van der Waals surface area contributed by atoms with Crippen molar-refractivity contribution in [3.63, 3.8) is 0 Å². The molecule has 0 spiro atoms. The molecule has 0 bridgehead atoms. The molecule has 0 fully saturated rings. The van der Waals surface area contributed by atoms with Crippen LogP contribution in [0.4, 0.5) is 5.69 Å². The summed E-state index contributed by atoms with van der Waals surface area (Å²) in [6, 6.07) is 13.0. The Morgan fingerprint density at radius 3 is 2.18 bits per heavy atom. The number of carbonyl (C=O) groups excluding carboxylic acids is 1. The Bertz CT molecular complexity index is 1050. The van der Waals surface area contributed by atoms with Crippen molar-refractivity contribution in [2.45, 2.75) is 18.2 Å². The van der Waals surface area contributed by atoms with Gasteiger partial charge in [0.1, 0.15) is 6.54 Å². The maximum Gasteiger partial charge on any atom is 0.240 e. The fraction of sp³-hybridized carbons (Fsp3) is 0.278. The van der Waals surface area contributed by atoms with E-state index in [9.17, 15) is 21.6 Å². The fourth-order valence-electron chi connectivity index (χ4n) is 2.60. The lowest BCUT2D eigenvalue weighted by atomic mass is 10.1. The van der Waals surface area contributed by atoms with E-state index in [0.717, 1.165) is 21.7 Å². The highest BCUT2D eigenvalue weighted by Crippen LogP contribution is 2.21. The molecule has 8 nitrogen and oxygen atoms in total. The normalized spacial score (nSPS) is 11.8. The van der Waals surface area contributed by atoms with Gasteiger partial charge in [-0.3, -0.25) is 9.10 Å². The summed E-state index contributed by atoms with van der Waals surface area (Å²) in [6.07, 6.45) is 1.51. The monoisotopic (exact) mass is 425 g/mol. The second-order valence-corrected chi connectivity index (χ2v) is 9.81. The third-order valence-electron chi connectivity index (χ3n) is 4.06. The number of para-hydroxylation sites is 1. The second-order valence-electron chi connectivity index (χ2n) is 6.35. The lowest BCUT2D eigenvalue weighted by molar-refractivity contribution is -0.119. The van der Waals surface area contributed by atoms with E-state index in [2.05, 4.69) is 5.32 Å². The largest absolute Gasteiger partial charge is 0.354 e. The Morgan fingerprint density at radius 1 is 1.04 bits per heavy atom. The first-order valence-electron chi connectivity index (χ1n) is 8.40. The predicted octanol–water partition coefficient (Wildman–Crippen LogP) is 0.767. The van der Waals surface area contributed by atoms with Crippen molar-refractivity contribution in [1.29, 1.82) is 0 Å². The molecule has 0 aromatic heterocycles. The minimum absolute atomic E-state index is 0.0160. The molecule has 2 aromatic carbocycles. The molecule has 2 aromatic rings. The second kappa shape index (κ2) is 8.72. The van der Waals surface area contributed by atoms with E-state index in [1.54, 1.807) is 43.3 Å². The Labute approximate surface area is 165 Å². The van der Waals surface area contributed by atoms with Crippen molar-refractivity contribution in [3.8, 4) is 0 Å². The van der Waals surface area contributed by atoms with E-state index < -0.39 is 26.0 Å². The summed E-state index contributed by atoms with van der Waals surface area (Å²) in [5.41, 5.74) is 2.01. The maximum absolute atomic E-state index is 12.2. The van der Waals surface area contributed by atoms with E-state index in [-0.39, 0.29) is 18.0 Å². The Kier molecular flexibility index (Phi) is 6.81. The smallest absolute Gasteiger partial charge is 0.240 e. The number of sulfonamides is 2. The van der Waals surface area contributed by atoms with Crippen molar-refractivity contribution in [3.05, 3.63) is 59.7 Å². The van der Waals surface area contributed by atoms with Crippen LogP contribution in [0.2, 0.25) is 0 Å². The summed E-state index contributed by atoms with van der Waals surface area (Å²) >= 11 is 0. The Balaban J connectivity index is 1.98. The van der Waals surface area contributed by atoms with Crippen molar-refractivity contribution in [2.75, 3.05) is 23.7 Å². The summed E-state index contributed by atoms with van der Waals surface area (Å²) in [6.45, 7) is 1.73. The summed E-state index contributed by atoms with van der Waals surface area (Å²) in [4.78, 5) is 12.3. The number of hydrogen-bond acceptors (Lipinski definition) is 5. The highest BCUT2D eigenvalue weighted by atomic mass is 32.2. The minimum Gasteiger partial charge on any atom is -0.354 e. The van der Waals surface area contributed by atoms with Gasteiger partial charge in [0.25, 0.3) is 0 Å². The molecule has 0 saturated carbocycles. The third kappa shape index (κ3) is 6.04. The van der Waals surface area contributed by atoms with Crippen LogP contribution in [0.1, 0.15) is 11.1 Å². The summed E-state index contributed by atoms with van der Waals surface area (Å²) in [5.74, 6) is -0.435. The zero-order valence-electron chi connectivity index (χ0n) is 15.6. The van der Waals surface area contributed by atoms with Crippen molar-refractivity contribution >= 4 is 31.6 Å². The lowest BCUT2D eigenvalue weighted by Gasteiger charge is -2.23. The molecule has 0 heterocycles. The molecule has 0 aliphatic rings. The van der Waals surface area contributed by atoms with Gasteiger partial charge in [0.05, 0.1) is 16.8 Å². The molecule has 0 aliphatic carbocycles. The number of hydrogen-bond donors (Lipinski definition) is 2. The van der Waals surface area contributed by atoms with Crippen LogP contribution in [0.5, 0.6) is 0 Å². The molecular weight excluding hydrogens is 402 g/mol. The number of nitrogens with one attached hydrogen (secondary N) is 1. The number of carbonyl (C=O) groups is 1. The molecule has 1 amide bonds. The number of nitrogens with two attached hydrogens (primary N) is 1. The van der Waals surface area contributed by atoms with Gasteiger partial charge in [-0.2, -0.15) is 0 Å². The number of primary sulfonamides is 1. The van der Waals surface area contributed by atoms with E-state index in [1.807, 2.05) is 0 Å². The first-order valence-corrected chi connectivity index (χ1v) is 11.8. The zero-order chi connectivity index (χ0) is 20.9. The first-order chi connectivity index (χ1) is 13.0. The summed E-state index contributed by atoms with van der Waals surface area (Å²) in [7, 11) is -7.37. The molecule has 0 atom stereocenters. The van der Waals surface area contributed by atoms with Crippen LogP contribution >= 0.6 is 0 Å².